The summed E-state index contributed by atoms with van der Waals surface area (Å²) in [7, 11) is 1.69. The van der Waals surface area contributed by atoms with Crippen molar-refractivity contribution in [2.75, 3.05) is 20.2 Å². The molecule has 0 saturated heterocycles. The van der Waals surface area contributed by atoms with E-state index >= 15 is 0 Å². The maximum absolute atomic E-state index is 6.23. The minimum absolute atomic E-state index is 0.779. The third kappa shape index (κ3) is 3.64. The lowest BCUT2D eigenvalue weighted by Crippen LogP contribution is -2.28. The van der Waals surface area contributed by atoms with Crippen LogP contribution in [0, 0.1) is 0 Å². The number of hydrogen-bond acceptors (Lipinski definition) is 3. The lowest BCUT2D eigenvalue weighted by molar-refractivity contribution is 0.295. The first-order valence-corrected chi connectivity index (χ1v) is 10.4. The fourth-order valence-corrected chi connectivity index (χ4v) is 4.21. The van der Waals surface area contributed by atoms with Crippen molar-refractivity contribution < 1.29 is 9.15 Å². The molecule has 0 bridgehead atoms. The second-order valence-corrected chi connectivity index (χ2v) is 7.73. The fourth-order valence-electron chi connectivity index (χ4n) is 4.21. The normalized spacial score (nSPS) is 14.6. The highest BCUT2D eigenvalue weighted by Gasteiger charge is 2.18. The van der Waals surface area contributed by atoms with E-state index in [9.17, 15) is 0 Å². The van der Waals surface area contributed by atoms with Crippen molar-refractivity contribution in [3.63, 3.8) is 0 Å². The molecule has 0 unspecified atom stereocenters. The average molecular weight is 396 g/mol. The summed E-state index contributed by atoms with van der Waals surface area (Å²) in [6.45, 7) is 2.91. The van der Waals surface area contributed by atoms with Gasteiger partial charge in [-0.15, -0.1) is 0 Å². The molecular weight excluding hydrogens is 370 g/mol. The highest BCUT2D eigenvalue weighted by atomic mass is 16.5. The number of hydrogen-bond donors (Lipinski definition) is 0. The Morgan fingerprint density at radius 3 is 2.30 bits per heavy atom. The summed E-state index contributed by atoms with van der Waals surface area (Å²) in [5, 5.41) is 1.13. The summed E-state index contributed by atoms with van der Waals surface area (Å²) in [5.41, 5.74) is 5.96. The van der Waals surface area contributed by atoms with Crippen LogP contribution in [0.4, 0.5) is 0 Å². The number of nitrogens with zero attached hydrogens (tertiary/aromatic N) is 1. The van der Waals surface area contributed by atoms with Crippen molar-refractivity contribution in [3.05, 3.63) is 96.1 Å². The van der Waals surface area contributed by atoms with E-state index in [1.165, 1.54) is 16.7 Å². The third-order valence-electron chi connectivity index (χ3n) is 5.85. The van der Waals surface area contributed by atoms with E-state index < -0.39 is 0 Å². The highest BCUT2D eigenvalue weighted by Crippen LogP contribution is 2.36. The molecule has 4 aromatic rings. The molecule has 0 spiro atoms. The maximum atomic E-state index is 6.23. The second-order valence-electron chi connectivity index (χ2n) is 7.73. The van der Waals surface area contributed by atoms with Gasteiger partial charge in [-0.2, -0.15) is 0 Å². The van der Waals surface area contributed by atoms with Gasteiger partial charge in [0.2, 0.25) is 0 Å². The molecule has 1 aliphatic heterocycles. The van der Waals surface area contributed by atoms with E-state index in [2.05, 4.69) is 65.6 Å². The monoisotopic (exact) mass is 395 g/mol. The Kier molecular flexibility index (Phi) is 5.12. The fraction of sp³-hybridized carbons (Fsp3) is 0.185. The van der Waals surface area contributed by atoms with Crippen LogP contribution in [0.3, 0.4) is 0 Å². The van der Waals surface area contributed by atoms with Gasteiger partial charge in [0.15, 0.2) is 11.3 Å². The Hall–Kier alpha value is -3.30. The molecule has 1 aromatic heterocycles. The Morgan fingerprint density at radius 1 is 0.900 bits per heavy atom. The predicted molar refractivity (Wildman–Crippen MR) is 123 cm³/mol. The van der Waals surface area contributed by atoms with Crippen LogP contribution in [-0.4, -0.2) is 25.1 Å². The molecule has 2 heterocycles. The zero-order valence-corrected chi connectivity index (χ0v) is 17.2. The standard InChI is InChI=1S/C27H25NO2/c1-29-25-13-12-23(24-18-26(30-27(24)25)22-10-6-3-7-11-22)19-28-16-14-21(15-17-28)20-8-4-2-5-9-20/h2-14,18H,15-17,19H2,1H3. The van der Waals surface area contributed by atoms with E-state index in [1.807, 2.05) is 24.3 Å². The molecule has 0 atom stereocenters. The Labute approximate surface area is 177 Å². The van der Waals surface area contributed by atoms with Gasteiger partial charge < -0.3 is 9.15 Å². The lowest BCUT2D eigenvalue weighted by atomic mass is 9.99. The zero-order valence-electron chi connectivity index (χ0n) is 17.2. The molecule has 0 fully saturated rings. The first-order valence-electron chi connectivity index (χ1n) is 10.4. The largest absolute Gasteiger partial charge is 0.493 e. The summed E-state index contributed by atoms with van der Waals surface area (Å²) in [4.78, 5) is 2.49. The van der Waals surface area contributed by atoms with Gasteiger partial charge >= 0.3 is 0 Å². The van der Waals surface area contributed by atoms with Crippen molar-refractivity contribution in [3.8, 4) is 17.1 Å². The number of rotatable bonds is 5. The zero-order chi connectivity index (χ0) is 20.3. The molecule has 0 aliphatic carbocycles. The van der Waals surface area contributed by atoms with Gasteiger partial charge in [-0.3, -0.25) is 4.90 Å². The van der Waals surface area contributed by atoms with Gasteiger partial charge in [-0.25, -0.2) is 0 Å². The topological polar surface area (TPSA) is 25.6 Å². The van der Waals surface area contributed by atoms with Crippen LogP contribution >= 0.6 is 0 Å². The van der Waals surface area contributed by atoms with Crippen LogP contribution in [0.25, 0.3) is 27.9 Å². The molecule has 1 aliphatic rings. The first-order chi connectivity index (χ1) is 14.8. The van der Waals surface area contributed by atoms with Crippen LogP contribution in [-0.2, 0) is 6.54 Å². The quantitative estimate of drug-likeness (QED) is 0.391. The molecule has 0 radical (unpaired) electrons. The Morgan fingerprint density at radius 2 is 1.63 bits per heavy atom. The Bertz CT molecular complexity index is 1180. The molecule has 3 heteroatoms. The van der Waals surface area contributed by atoms with Crippen molar-refractivity contribution >= 4 is 16.5 Å². The number of furan rings is 1. The summed E-state index contributed by atoms with van der Waals surface area (Å²) in [5.74, 6) is 1.65. The molecule has 0 N–H and O–H groups in total. The van der Waals surface area contributed by atoms with E-state index in [1.54, 1.807) is 7.11 Å². The summed E-state index contributed by atoms with van der Waals surface area (Å²) in [6.07, 6.45) is 3.44. The van der Waals surface area contributed by atoms with Crippen molar-refractivity contribution in [1.29, 1.82) is 0 Å². The van der Waals surface area contributed by atoms with E-state index in [0.29, 0.717) is 0 Å². The first kappa shape index (κ1) is 18.7. The van der Waals surface area contributed by atoms with E-state index in [-0.39, 0.29) is 0 Å². The maximum Gasteiger partial charge on any atom is 0.176 e. The van der Waals surface area contributed by atoms with Gasteiger partial charge in [-0.05, 0) is 35.3 Å². The molecule has 150 valence electrons. The average Bonchev–Trinajstić information content (AvgIpc) is 3.27. The molecule has 3 nitrogen and oxygen atoms in total. The van der Waals surface area contributed by atoms with Crippen molar-refractivity contribution in [2.24, 2.45) is 0 Å². The van der Waals surface area contributed by atoms with Crippen LogP contribution < -0.4 is 4.74 Å². The van der Waals surface area contributed by atoms with Crippen LogP contribution in [0.15, 0.2) is 89.4 Å². The van der Waals surface area contributed by atoms with E-state index in [4.69, 9.17) is 9.15 Å². The van der Waals surface area contributed by atoms with Gasteiger partial charge in [-0.1, -0.05) is 72.8 Å². The van der Waals surface area contributed by atoms with Crippen molar-refractivity contribution in [1.82, 2.24) is 4.90 Å². The number of benzene rings is 3. The molecule has 3 aromatic carbocycles. The molecule has 0 amide bonds. The van der Waals surface area contributed by atoms with E-state index in [0.717, 1.165) is 54.1 Å². The summed E-state index contributed by atoms with van der Waals surface area (Å²) >= 11 is 0. The number of methoxy groups -OCH3 is 1. The van der Waals surface area contributed by atoms with Crippen LogP contribution in [0.1, 0.15) is 17.5 Å². The summed E-state index contributed by atoms with van der Waals surface area (Å²) < 4.78 is 11.8. The predicted octanol–water partition coefficient (Wildman–Crippen LogP) is 6.40. The minimum Gasteiger partial charge on any atom is -0.493 e. The molecule has 0 saturated carbocycles. The molecule has 5 rings (SSSR count). The third-order valence-corrected chi connectivity index (χ3v) is 5.85. The van der Waals surface area contributed by atoms with Crippen molar-refractivity contribution in [2.45, 2.75) is 13.0 Å². The number of ether oxygens (including phenoxy) is 1. The van der Waals surface area contributed by atoms with Gasteiger partial charge in [0, 0.05) is 30.6 Å². The highest BCUT2D eigenvalue weighted by molar-refractivity contribution is 5.90. The van der Waals surface area contributed by atoms with Crippen LogP contribution in [0.2, 0.25) is 0 Å². The summed E-state index contributed by atoms with van der Waals surface area (Å²) in [6, 6.07) is 27.3. The molecule has 30 heavy (non-hydrogen) atoms. The second kappa shape index (κ2) is 8.21. The Balaban J connectivity index is 1.42. The minimum atomic E-state index is 0.779. The SMILES string of the molecule is COc1ccc(CN2CC=C(c3ccccc3)CC2)c2cc(-c3ccccc3)oc12. The molecular formula is C27H25NO2. The number of fused-ring (bicyclic) bond motifs is 1. The lowest BCUT2D eigenvalue weighted by Gasteiger charge is -2.26. The smallest absolute Gasteiger partial charge is 0.176 e. The van der Waals surface area contributed by atoms with Crippen LogP contribution in [0.5, 0.6) is 5.75 Å². The van der Waals surface area contributed by atoms with Gasteiger partial charge in [0.1, 0.15) is 5.76 Å². The van der Waals surface area contributed by atoms with Gasteiger partial charge in [0.25, 0.3) is 0 Å². The van der Waals surface area contributed by atoms with Gasteiger partial charge in [0.05, 0.1) is 7.11 Å².